The standard InChI is InChI=1S/C21H16ClN3O2S/c1-13-18(11-14-3-7-16(22)8-4-14)20(26)25(24-13)21-23-19(12-28-21)15-5-9-17(27-2)10-6-15/h3-12H,1-2H3/b18-11+. The van der Waals surface area contributed by atoms with Gasteiger partial charge in [-0.05, 0) is 55.0 Å². The van der Waals surface area contributed by atoms with Crippen LogP contribution in [0.2, 0.25) is 5.02 Å². The molecule has 4 rings (SSSR count). The Bertz CT molecular complexity index is 1090. The number of carbonyl (C=O) groups is 1. The first-order valence-corrected chi connectivity index (χ1v) is 9.78. The molecule has 1 amide bonds. The van der Waals surface area contributed by atoms with E-state index in [1.54, 1.807) is 19.2 Å². The predicted molar refractivity (Wildman–Crippen MR) is 114 cm³/mol. The Morgan fingerprint density at radius 1 is 1.11 bits per heavy atom. The molecule has 0 radical (unpaired) electrons. The molecule has 7 heteroatoms. The van der Waals surface area contributed by atoms with Gasteiger partial charge in [0.1, 0.15) is 5.75 Å². The van der Waals surface area contributed by atoms with Gasteiger partial charge in [0.2, 0.25) is 5.13 Å². The van der Waals surface area contributed by atoms with E-state index < -0.39 is 0 Å². The van der Waals surface area contributed by atoms with E-state index in [0.717, 1.165) is 22.6 Å². The third kappa shape index (κ3) is 3.56. The molecule has 0 unspecified atom stereocenters. The van der Waals surface area contributed by atoms with Crippen LogP contribution in [0.4, 0.5) is 5.13 Å². The Morgan fingerprint density at radius 2 is 1.82 bits per heavy atom. The van der Waals surface area contributed by atoms with Crippen LogP contribution in [0.1, 0.15) is 12.5 Å². The summed E-state index contributed by atoms with van der Waals surface area (Å²) in [5, 5.41) is 8.86. The second-order valence-corrected chi connectivity index (χ2v) is 7.43. The lowest BCUT2D eigenvalue weighted by molar-refractivity contribution is -0.114. The molecule has 0 aliphatic carbocycles. The first-order valence-electron chi connectivity index (χ1n) is 8.52. The first kappa shape index (κ1) is 18.4. The summed E-state index contributed by atoms with van der Waals surface area (Å²) in [4.78, 5) is 17.5. The van der Waals surface area contributed by atoms with Crippen LogP contribution in [0.3, 0.4) is 0 Å². The van der Waals surface area contributed by atoms with Gasteiger partial charge in [-0.15, -0.1) is 11.3 Å². The van der Waals surface area contributed by atoms with Crippen molar-refractivity contribution < 1.29 is 9.53 Å². The van der Waals surface area contributed by atoms with Crippen LogP contribution in [0, 0.1) is 0 Å². The van der Waals surface area contributed by atoms with Crippen molar-refractivity contribution in [3.8, 4) is 17.0 Å². The van der Waals surface area contributed by atoms with Crippen molar-refractivity contribution in [3.05, 3.63) is 70.1 Å². The number of nitrogens with zero attached hydrogens (tertiary/aromatic N) is 3. The molecule has 0 bridgehead atoms. The van der Waals surface area contributed by atoms with Gasteiger partial charge in [0.15, 0.2) is 0 Å². The summed E-state index contributed by atoms with van der Waals surface area (Å²) in [5.74, 6) is 0.592. The van der Waals surface area contributed by atoms with E-state index >= 15 is 0 Å². The van der Waals surface area contributed by atoms with Gasteiger partial charge in [-0.3, -0.25) is 4.79 Å². The monoisotopic (exact) mass is 409 g/mol. The highest BCUT2D eigenvalue weighted by atomic mass is 35.5. The fourth-order valence-corrected chi connectivity index (χ4v) is 3.70. The number of methoxy groups -OCH3 is 1. The molecule has 5 nitrogen and oxygen atoms in total. The molecule has 28 heavy (non-hydrogen) atoms. The lowest BCUT2D eigenvalue weighted by Crippen LogP contribution is -2.21. The van der Waals surface area contributed by atoms with Crippen LogP contribution >= 0.6 is 22.9 Å². The molecule has 0 saturated heterocycles. The molecule has 1 aromatic heterocycles. The molecule has 1 aliphatic rings. The number of rotatable bonds is 4. The highest BCUT2D eigenvalue weighted by molar-refractivity contribution is 7.14. The number of hydrogen-bond donors (Lipinski definition) is 0. The van der Waals surface area contributed by atoms with Crippen LogP contribution in [0.5, 0.6) is 5.75 Å². The Morgan fingerprint density at radius 3 is 2.50 bits per heavy atom. The molecule has 0 fully saturated rings. The van der Waals surface area contributed by atoms with Crippen molar-refractivity contribution in [1.29, 1.82) is 0 Å². The third-order valence-corrected chi connectivity index (χ3v) is 5.37. The quantitative estimate of drug-likeness (QED) is 0.551. The lowest BCUT2D eigenvalue weighted by atomic mass is 10.1. The number of carbonyl (C=O) groups excluding carboxylic acids is 1. The predicted octanol–water partition coefficient (Wildman–Crippen LogP) is 5.28. The summed E-state index contributed by atoms with van der Waals surface area (Å²) in [7, 11) is 1.63. The van der Waals surface area contributed by atoms with Crippen molar-refractivity contribution in [1.82, 2.24) is 4.98 Å². The highest BCUT2D eigenvalue weighted by Crippen LogP contribution is 2.32. The number of thiazole rings is 1. The van der Waals surface area contributed by atoms with Crippen LogP contribution < -0.4 is 9.75 Å². The van der Waals surface area contributed by atoms with Gasteiger partial charge in [0, 0.05) is 16.0 Å². The Hall–Kier alpha value is -2.96. The van der Waals surface area contributed by atoms with Gasteiger partial charge in [-0.25, -0.2) is 4.98 Å². The maximum atomic E-state index is 12.9. The van der Waals surface area contributed by atoms with Crippen LogP contribution in [-0.4, -0.2) is 23.7 Å². The lowest BCUT2D eigenvalue weighted by Gasteiger charge is -2.07. The average molecular weight is 410 g/mol. The largest absolute Gasteiger partial charge is 0.497 e. The van der Waals surface area contributed by atoms with Crippen LogP contribution in [-0.2, 0) is 4.79 Å². The van der Waals surface area contributed by atoms with Crippen molar-refractivity contribution in [2.75, 3.05) is 12.1 Å². The van der Waals surface area contributed by atoms with Crippen molar-refractivity contribution in [2.24, 2.45) is 5.10 Å². The molecule has 2 aromatic carbocycles. The van der Waals surface area contributed by atoms with Gasteiger partial charge in [0.25, 0.3) is 5.91 Å². The second-order valence-electron chi connectivity index (χ2n) is 6.16. The van der Waals surface area contributed by atoms with Crippen LogP contribution in [0.15, 0.2) is 64.6 Å². The molecule has 0 saturated carbocycles. The molecular weight excluding hydrogens is 394 g/mol. The van der Waals surface area contributed by atoms with E-state index in [0.29, 0.717) is 21.4 Å². The topological polar surface area (TPSA) is 54.8 Å². The maximum absolute atomic E-state index is 12.9. The number of anilines is 1. The normalized spacial score (nSPS) is 15.2. The number of hydrazone groups is 1. The van der Waals surface area contributed by atoms with E-state index in [9.17, 15) is 4.79 Å². The number of amides is 1. The number of aromatic nitrogens is 1. The zero-order valence-electron chi connectivity index (χ0n) is 15.2. The number of halogens is 1. The summed E-state index contributed by atoms with van der Waals surface area (Å²) in [5.41, 5.74) is 3.83. The minimum atomic E-state index is -0.192. The summed E-state index contributed by atoms with van der Waals surface area (Å²) >= 11 is 7.30. The summed E-state index contributed by atoms with van der Waals surface area (Å²) in [6, 6.07) is 14.9. The summed E-state index contributed by atoms with van der Waals surface area (Å²) in [6.07, 6.45) is 1.81. The number of hydrogen-bond acceptors (Lipinski definition) is 5. The van der Waals surface area contributed by atoms with Crippen molar-refractivity contribution >= 4 is 45.8 Å². The zero-order valence-corrected chi connectivity index (χ0v) is 16.8. The van der Waals surface area contributed by atoms with Crippen molar-refractivity contribution in [2.45, 2.75) is 6.92 Å². The summed E-state index contributed by atoms with van der Waals surface area (Å²) in [6.45, 7) is 1.82. The Labute approximate surface area is 171 Å². The van der Waals surface area contributed by atoms with E-state index in [2.05, 4.69) is 10.1 Å². The molecule has 0 spiro atoms. The fourth-order valence-electron chi connectivity index (χ4n) is 2.80. The van der Waals surface area contributed by atoms with Gasteiger partial charge < -0.3 is 4.74 Å². The highest BCUT2D eigenvalue weighted by Gasteiger charge is 2.30. The Balaban J connectivity index is 1.59. The van der Waals surface area contributed by atoms with E-state index in [1.807, 2.05) is 54.8 Å². The third-order valence-electron chi connectivity index (χ3n) is 4.30. The van der Waals surface area contributed by atoms with Gasteiger partial charge in [-0.2, -0.15) is 10.1 Å². The van der Waals surface area contributed by atoms with E-state index in [-0.39, 0.29) is 5.91 Å². The summed E-state index contributed by atoms with van der Waals surface area (Å²) < 4.78 is 5.18. The molecule has 3 aromatic rings. The van der Waals surface area contributed by atoms with Crippen molar-refractivity contribution in [3.63, 3.8) is 0 Å². The second kappa shape index (κ2) is 7.58. The molecule has 140 valence electrons. The Kier molecular flexibility index (Phi) is 4.98. The number of benzene rings is 2. The van der Waals surface area contributed by atoms with E-state index in [4.69, 9.17) is 16.3 Å². The minimum absolute atomic E-state index is 0.192. The zero-order chi connectivity index (χ0) is 19.7. The first-order chi connectivity index (χ1) is 13.5. The van der Waals surface area contributed by atoms with E-state index in [1.165, 1.54) is 16.3 Å². The average Bonchev–Trinajstić information content (AvgIpc) is 3.30. The molecule has 1 aliphatic heterocycles. The fraction of sp³-hybridized carbons (Fsp3) is 0.0952. The molecule has 0 N–H and O–H groups in total. The molecule has 0 atom stereocenters. The SMILES string of the molecule is COc1ccc(-c2csc(N3N=C(C)/C(=C\c4ccc(Cl)cc4)C3=O)n2)cc1. The van der Waals surface area contributed by atoms with Gasteiger partial charge in [0.05, 0.1) is 24.1 Å². The van der Waals surface area contributed by atoms with Crippen LogP contribution in [0.25, 0.3) is 17.3 Å². The van der Waals surface area contributed by atoms with Gasteiger partial charge >= 0.3 is 0 Å². The maximum Gasteiger partial charge on any atom is 0.282 e. The smallest absolute Gasteiger partial charge is 0.282 e. The molecular formula is C21H16ClN3O2S. The van der Waals surface area contributed by atoms with Gasteiger partial charge in [-0.1, -0.05) is 23.7 Å². The molecule has 2 heterocycles. The number of ether oxygens (including phenoxy) is 1. The minimum Gasteiger partial charge on any atom is -0.497 e.